The van der Waals surface area contributed by atoms with Crippen LogP contribution in [0.4, 0.5) is 8.78 Å². The molecule has 0 saturated carbocycles. The van der Waals surface area contributed by atoms with Crippen molar-refractivity contribution in [2.75, 3.05) is 7.11 Å². The molecule has 19 heteroatoms. The largest absolute Gasteiger partial charge is 1.00 e. The van der Waals surface area contributed by atoms with E-state index in [4.69, 9.17) is 18.9 Å². The van der Waals surface area contributed by atoms with Crippen LogP contribution in [0.5, 0.6) is 40.2 Å². The second-order valence-electron chi connectivity index (χ2n) is 19.0. The SMILES string of the molecule is COc1ccc(C(C)(C)c2ccc(Oc3ccc(C(=O)C(F)(F)C(=O)c4ccc(Oc5ccc(C(C)(C)c6ccc(Oc7ccc(C(=O)c8ccc(C)c(S(=O)(=O)[O-])c8)cc7S(=O)(=O)[O-])cc6)cc5)cc4)cc3)cc2)cc1.[Na+].[Na+]. The van der Waals surface area contributed by atoms with E-state index in [9.17, 15) is 40.3 Å². The van der Waals surface area contributed by atoms with Crippen molar-refractivity contribution in [3.63, 3.8) is 0 Å². The molecule has 0 fully saturated rings. The molecular formula is C60H48F2Na2O13S2. The van der Waals surface area contributed by atoms with E-state index >= 15 is 8.78 Å². The molecule has 0 atom stereocenters. The number of aryl methyl sites for hydroxylation is 1. The maximum Gasteiger partial charge on any atom is 1.00 e. The molecule has 0 radical (unpaired) electrons. The topological polar surface area (TPSA) is 203 Å². The van der Waals surface area contributed by atoms with Gasteiger partial charge in [-0.2, -0.15) is 8.78 Å². The summed E-state index contributed by atoms with van der Waals surface area (Å²) in [4.78, 5) is 37.9. The first-order chi connectivity index (χ1) is 36.2. The number of alkyl halides is 2. The molecule has 8 rings (SSSR count). The van der Waals surface area contributed by atoms with Crippen LogP contribution in [0.15, 0.2) is 192 Å². The summed E-state index contributed by atoms with van der Waals surface area (Å²) in [5.41, 5.74) is 1.69. The van der Waals surface area contributed by atoms with Crippen LogP contribution in [-0.4, -0.2) is 56.3 Å². The molecule has 0 spiro atoms. The van der Waals surface area contributed by atoms with Crippen LogP contribution < -0.4 is 78.1 Å². The van der Waals surface area contributed by atoms with Gasteiger partial charge >= 0.3 is 65.0 Å². The van der Waals surface area contributed by atoms with Crippen molar-refractivity contribution in [3.8, 4) is 40.2 Å². The molecule has 79 heavy (non-hydrogen) atoms. The van der Waals surface area contributed by atoms with E-state index in [0.29, 0.717) is 17.2 Å². The second kappa shape index (κ2) is 24.6. The van der Waals surface area contributed by atoms with Gasteiger partial charge in [0.25, 0.3) is 0 Å². The summed E-state index contributed by atoms with van der Waals surface area (Å²) in [6, 6.07) is 45.6. The molecule has 0 N–H and O–H groups in total. The molecule has 0 heterocycles. The minimum atomic E-state index is -5.20. The number of carbonyl (C=O) groups excluding carboxylic acids is 3. The van der Waals surface area contributed by atoms with E-state index in [-0.39, 0.29) is 104 Å². The monoisotopic (exact) mass is 1120 g/mol. The van der Waals surface area contributed by atoms with Gasteiger partial charge in [-0.3, -0.25) is 14.4 Å². The smallest absolute Gasteiger partial charge is 0.744 e. The molecular weight excluding hydrogens is 1080 g/mol. The van der Waals surface area contributed by atoms with Gasteiger partial charge in [0.2, 0.25) is 11.6 Å². The predicted octanol–water partition coefficient (Wildman–Crippen LogP) is 6.78. The minimum Gasteiger partial charge on any atom is -0.744 e. The van der Waals surface area contributed by atoms with E-state index in [1.165, 1.54) is 61.5 Å². The van der Waals surface area contributed by atoms with Crippen LogP contribution in [0.25, 0.3) is 0 Å². The molecule has 13 nitrogen and oxygen atoms in total. The number of rotatable bonds is 19. The first-order valence-electron chi connectivity index (χ1n) is 23.6. The van der Waals surface area contributed by atoms with E-state index in [0.717, 1.165) is 58.3 Å². The fourth-order valence-electron chi connectivity index (χ4n) is 8.48. The van der Waals surface area contributed by atoms with Crippen LogP contribution in [0.2, 0.25) is 0 Å². The summed E-state index contributed by atoms with van der Waals surface area (Å²) in [5.74, 6) is -6.59. The number of hydrogen-bond donors (Lipinski definition) is 0. The predicted molar refractivity (Wildman–Crippen MR) is 280 cm³/mol. The molecule has 0 aromatic heterocycles. The normalized spacial score (nSPS) is 11.8. The first-order valence-corrected chi connectivity index (χ1v) is 26.5. The molecule has 0 amide bonds. The Bertz CT molecular complexity index is 3760. The maximum absolute atomic E-state index is 15.5. The Balaban J connectivity index is 0.00000504. The quantitative estimate of drug-likeness (QED) is 0.0355. The molecule has 0 unspecified atom stereocenters. The number of benzene rings is 8. The molecule has 394 valence electrons. The number of ether oxygens (including phenoxy) is 4. The van der Waals surface area contributed by atoms with Crippen LogP contribution in [-0.2, 0) is 31.1 Å². The van der Waals surface area contributed by atoms with Gasteiger partial charge in [0.15, 0.2) is 5.78 Å². The molecule has 0 aliphatic rings. The van der Waals surface area contributed by atoms with Crippen LogP contribution in [0.3, 0.4) is 0 Å². The number of Topliss-reactive ketones (excluding diaryl/α,β-unsaturated/α-hetero) is 2. The zero-order chi connectivity index (χ0) is 55.7. The van der Waals surface area contributed by atoms with E-state index in [1.807, 2.05) is 62.4 Å². The standard InChI is InChI=1S/C60H50F2O13S2.2Na/c1-37-7-8-40(35-53(37)76(66,67)68)55(63)41-13-34-52(54(36-41)77(69,70)71)75-51-32-20-45(21-33-51)59(4,5)44-18-30-50(31-19-44)74-48-24-11-39(12-25-48)57(65)60(61,62)56(64)38-9-22-47(23-10-38)73-49-28-16-43(17-29-49)58(2,3)42-14-26-46(72-6)27-15-42;;/h7-36H,1-6H3,(H,66,67,68)(H,69,70,71);;/q;2*+1/p-2. The van der Waals surface area contributed by atoms with Crippen LogP contribution >= 0.6 is 0 Å². The number of halogens is 2. The summed E-state index contributed by atoms with van der Waals surface area (Å²) in [5, 5.41) is 0. The fourth-order valence-corrected chi connectivity index (χ4v) is 9.84. The van der Waals surface area contributed by atoms with Gasteiger partial charge in [-0.05, 0) is 156 Å². The average molecular weight is 1130 g/mol. The van der Waals surface area contributed by atoms with Crippen molar-refractivity contribution in [1.29, 1.82) is 0 Å². The van der Waals surface area contributed by atoms with E-state index in [2.05, 4.69) is 13.8 Å². The Kier molecular flexibility index (Phi) is 19.2. The summed E-state index contributed by atoms with van der Waals surface area (Å²) in [6.45, 7) is 9.48. The van der Waals surface area contributed by atoms with Crippen molar-refractivity contribution in [1.82, 2.24) is 0 Å². The van der Waals surface area contributed by atoms with Gasteiger partial charge in [0.05, 0.1) is 16.9 Å². The second-order valence-corrected chi connectivity index (χ2v) is 21.7. The van der Waals surface area contributed by atoms with Crippen molar-refractivity contribution >= 4 is 37.6 Å². The number of carbonyl (C=O) groups is 3. The number of ketones is 3. The zero-order valence-corrected chi connectivity index (χ0v) is 49.8. The molecule has 0 bridgehead atoms. The van der Waals surface area contributed by atoms with Crippen molar-refractivity contribution in [3.05, 3.63) is 232 Å². The van der Waals surface area contributed by atoms with Crippen LogP contribution in [0.1, 0.15) is 92.1 Å². The van der Waals surface area contributed by atoms with Gasteiger partial charge in [-0.25, -0.2) is 16.8 Å². The van der Waals surface area contributed by atoms with Gasteiger partial charge in [0, 0.05) is 33.1 Å². The van der Waals surface area contributed by atoms with Crippen LogP contribution in [0, 0.1) is 6.92 Å². The Morgan fingerprint density at radius 1 is 0.418 bits per heavy atom. The van der Waals surface area contributed by atoms with E-state index < -0.39 is 64.3 Å². The summed E-state index contributed by atoms with van der Waals surface area (Å²) in [7, 11) is -8.51. The zero-order valence-electron chi connectivity index (χ0n) is 44.2. The number of hydrogen-bond acceptors (Lipinski definition) is 13. The summed E-state index contributed by atoms with van der Waals surface area (Å²) < 4.78 is 126. The van der Waals surface area contributed by atoms with Gasteiger partial charge in [-0.15, -0.1) is 0 Å². The Hall–Kier alpha value is -6.35. The fraction of sp³-hybridized carbons (Fsp3) is 0.150. The third kappa shape index (κ3) is 14.0. The van der Waals surface area contributed by atoms with Crippen molar-refractivity contribution in [2.45, 2.75) is 61.2 Å². The minimum absolute atomic E-state index is 0. The Morgan fingerprint density at radius 2 is 0.709 bits per heavy atom. The van der Waals surface area contributed by atoms with Crippen molar-refractivity contribution in [2.24, 2.45) is 0 Å². The summed E-state index contributed by atoms with van der Waals surface area (Å²) >= 11 is 0. The van der Waals surface area contributed by atoms with Gasteiger partial charge < -0.3 is 28.1 Å². The molecule has 0 aliphatic carbocycles. The number of methoxy groups -OCH3 is 1. The average Bonchev–Trinajstić information content (AvgIpc) is 3.49. The first kappa shape index (κ1) is 61.9. The summed E-state index contributed by atoms with van der Waals surface area (Å²) in [6.07, 6.45) is 0. The molecule has 8 aromatic carbocycles. The molecule has 0 saturated heterocycles. The van der Waals surface area contributed by atoms with Gasteiger partial charge in [-0.1, -0.05) is 88.4 Å². The van der Waals surface area contributed by atoms with Crippen molar-refractivity contribution < 1.29 is 127 Å². The Labute approximate surface area is 501 Å². The Morgan fingerprint density at radius 3 is 1.05 bits per heavy atom. The third-order valence-electron chi connectivity index (χ3n) is 13.2. The van der Waals surface area contributed by atoms with Gasteiger partial charge in [0.1, 0.15) is 60.5 Å². The third-order valence-corrected chi connectivity index (χ3v) is 15.1. The maximum atomic E-state index is 15.5. The molecule has 8 aromatic rings. The van der Waals surface area contributed by atoms with E-state index in [1.54, 1.807) is 55.6 Å². The molecule has 0 aliphatic heterocycles.